The van der Waals surface area contributed by atoms with E-state index >= 15 is 0 Å². The minimum Gasteiger partial charge on any atom is -0.416 e. The Labute approximate surface area is 168 Å². The Kier molecular flexibility index (Phi) is 5.66. The average Bonchev–Trinajstić information content (AvgIpc) is 3.12. The van der Waals surface area contributed by atoms with E-state index in [0.717, 1.165) is 18.5 Å². The highest BCUT2D eigenvalue weighted by Gasteiger charge is 2.30. The van der Waals surface area contributed by atoms with Crippen molar-refractivity contribution in [1.29, 1.82) is 0 Å². The van der Waals surface area contributed by atoms with E-state index in [4.69, 9.17) is 4.42 Å². The molecule has 1 aliphatic heterocycles. The molecule has 2 heterocycles. The number of hydrogen-bond acceptors (Lipinski definition) is 6. The van der Waals surface area contributed by atoms with E-state index in [9.17, 15) is 9.59 Å². The number of aromatic nitrogens is 2. The summed E-state index contributed by atoms with van der Waals surface area (Å²) in [5.74, 6) is 1.05. The Morgan fingerprint density at radius 2 is 2.04 bits per heavy atom. The number of anilines is 2. The Balaban J connectivity index is 1.45. The molecule has 2 aliphatic rings. The lowest BCUT2D eigenvalue weighted by Crippen LogP contribution is -2.40. The van der Waals surface area contributed by atoms with E-state index in [1.165, 1.54) is 31.0 Å². The van der Waals surface area contributed by atoms with Gasteiger partial charge >= 0.3 is 0 Å². The van der Waals surface area contributed by atoms with Gasteiger partial charge in [0.1, 0.15) is 0 Å². The van der Waals surface area contributed by atoms with E-state index in [-0.39, 0.29) is 30.0 Å². The molecule has 1 saturated carbocycles. The Morgan fingerprint density at radius 1 is 1.25 bits per heavy atom. The molecule has 2 amide bonds. The van der Waals surface area contributed by atoms with Gasteiger partial charge in [-0.05, 0) is 31.9 Å². The molecular weight excluding hydrogens is 376 g/mol. The highest BCUT2D eigenvalue weighted by atomic mass is 32.2. The number of hydrogen-bond donors (Lipinski definition) is 1. The summed E-state index contributed by atoms with van der Waals surface area (Å²) in [5.41, 5.74) is 1.38. The molecule has 1 aromatic heterocycles. The van der Waals surface area contributed by atoms with Crippen molar-refractivity contribution < 1.29 is 14.0 Å². The van der Waals surface area contributed by atoms with Crippen molar-refractivity contribution in [2.45, 2.75) is 62.6 Å². The molecule has 28 heavy (non-hydrogen) atoms. The molecule has 7 nitrogen and oxygen atoms in total. The van der Waals surface area contributed by atoms with E-state index in [0.29, 0.717) is 22.7 Å². The Morgan fingerprint density at radius 3 is 2.86 bits per heavy atom. The fraction of sp³-hybridized carbons (Fsp3) is 0.500. The first-order chi connectivity index (χ1) is 13.6. The van der Waals surface area contributed by atoms with Crippen LogP contribution in [0.3, 0.4) is 0 Å². The number of nitrogens with one attached hydrogen (secondary N) is 1. The monoisotopic (exact) mass is 400 g/mol. The van der Waals surface area contributed by atoms with Gasteiger partial charge in [0.2, 0.25) is 17.7 Å². The number of carbonyl (C=O) groups excluding carboxylic acids is 2. The first-order valence-corrected chi connectivity index (χ1v) is 10.8. The van der Waals surface area contributed by atoms with Crippen molar-refractivity contribution in [3.8, 4) is 0 Å². The Bertz CT molecular complexity index is 863. The van der Waals surface area contributed by atoms with E-state index in [1.54, 1.807) is 4.90 Å². The molecular formula is C20H24N4O3S. The highest BCUT2D eigenvalue weighted by molar-refractivity contribution is 7.99. The van der Waals surface area contributed by atoms with Gasteiger partial charge in [-0.2, -0.15) is 0 Å². The zero-order valence-corrected chi connectivity index (χ0v) is 16.7. The molecule has 2 aromatic rings. The number of fused-ring (bicyclic) bond motifs is 1. The predicted molar refractivity (Wildman–Crippen MR) is 107 cm³/mol. The van der Waals surface area contributed by atoms with Crippen molar-refractivity contribution in [3.63, 3.8) is 0 Å². The van der Waals surface area contributed by atoms with E-state index in [2.05, 4.69) is 15.5 Å². The summed E-state index contributed by atoms with van der Waals surface area (Å²) in [4.78, 5) is 26.8. The third-order valence-corrected chi connectivity index (χ3v) is 6.13. The van der Waals surface area contributed by atoms with Crippen LogP contribution in [0.4, 0.5) is 11.4 Å². The fourth-order valence-electron chi connectivity index (χ4n) is 3.95. The number of para-hydroxylation sites is 2. The normalized spacial score (nSPS) is 20.4. The molecule has 1 unspecified atom stereocenters. The maximum absolute atomic E-state index is 13.0. The van der Waals surface area contributed by atoms with Crippen LogP contribution in [0.1, 0.15) is 57.3 Å². The molecule has 0 radical (unpaired) electrons. The van der Waals surface area contributed by atoms with Crippen LogP contribution in [0, 0.1) is 0 Å². The summed E-state index contributed by atoms with van der Waals surface area (Å²) in [6, 6.07) is 7.15. The van der Waals surface area contributed by atoms with Gasteiger partial charge in [0.15, 0.2) is 0 Å². The van der Waals surface area contributed by atoms with Gasteiger partial charge < -0.3 is 14.6 Å². The molecule has 0 spiro atoms. The highest BCUT2D eigenvalue weighted by Crippen LogP contribution is 2.34. The van der Waals surface area contributed by atoms with Crippen molar-refractivity contribution in [2.24, 2.45) is 0 Å². The largest absolute Gasteiger partial charge is 0.416 e. The lowest BCUT2D eigenvalue weighted by molar-refractivity contribution is -0.117. The summed E-state index contributed by atoms with van der Waals surface area (Å²) in [6.45, 7) is 1.89. The fourth-order valence-corrected chi connectivity index (χ4v) is 4.58. The summed E-state index contributed by atoms with van der Waals surface area (Å²) >= 11 is 1.25. The quantitative estimate of drug-likeness (QED) is 0.781. The van der Waals surface area contributed by atoms with Crippen molar-refractivity contribution in [1.82, 2.24) is 10.2 Å². The van der Waals surface area contributed by atoms with Crippen LogP contribution in [-0.2, 0) is 9.59 Å². The summed E-state index contributed by atoms with van der Waals surface area (Å²) in [5, 5.41) is 11.6. The van der Waals surface area contributed by atoms with Crippen LogP contribution in [0.25, 0.3) is 0 Å². The van der Waals surface area contributed by atoms with Gasteiger partial charge in [-0.3, -0.25) is 9.59 Å². The maximum atomic E-state index is 13.0. The molecule has 1 atom stereocenters. The molecule has 4 rings (SSSR count). The van der Waals surface area contributed by atoms with Crippen molar-refractivity contribution in [3.05, 3.63) is 30.2 Å². The lowest BCUT2D eigenvalue weighted by Gasteiger charge is -2.27. The van der Waals surface area contributed by atoms with Crippen LogP contribution in [0.2, 0.25) is 0 Å². The van der Waals surface area contributed by atoms with Gasteiger partial charge in [-0.1, -0.05) is 43.2 Å². The Hall–Kier alpha value is -2.35. The number of rotatable bonds is 4. The second kappa shape index (κ2) is 8.34. The van der Waals surface area contributed by atoms with Gasteiger partial charge in [-0.15, -0.1) is 10.2 Å². The minimum absolute atomic E-state index is 0.0844. The average molecular weight is 401 g/mol. The zero-order valence-electron chi connectivity index (χ0n) is 15.9. The van der Waals surface area contributed by atoms with E-state index in [1.807, 2.05) is 31.2 Å². The molecule has 0 bridgehead atoms. The molecule has 0 saturated heterocycles. The maximum Gasteiger partial charge on any atom is 0.277 e. The van der Waals surface area contributed by atoms with Crippen LogP contribution in [-0.4, -0.2) is 33.8 Å². The number of benzene rings is 1. The first-order valence-electron chi connectivity index (χ1n) is 9.79. The summed E-state index contributed by atoms with van der Waals surface area (Å²) < 4.78 is 5.80. The van der Waals surface area contributed by atoms with Crippen molar-refractivity contribution in [2.75, 3.05) is 16.0 Å². The molecule has 1 N–H and O–H groups in total. The molecule has 1 aliphatic carbocycles. The van der Waals surface area contributed by atoms with Crippen molar-refractivity contribution >= 4 is 35.0 Å². The van der Waals surface area contributed by atoms with Gasteiger partial charge in [0.25, 0.3) is 5.22 Å². The third kappa shape index (κ3) is 4.06. The van der Waals surface area contributed by atoms with Crippen LogP contribution in [0.15, 0.2) is 33.9 Å². The predicted octanol–water partition coefficient (Wildman–Crippen LogP) is 3.97. The molecule has 148 valence electrons. The van der Waals surface area contributed by atoms with Gasteiger partial charge in [0, 0.05) is 18.4 Å². The standard InChI is InChI=1S/C20H24N4O3S/c1-13-11-17(25)21-15-9-5-6-10-16(15)24(13)18(26)12-28-20-23-22-19(27-20)14-7-3-2-4-8-14/h5-6,9-10,13-14H,2-4,7-8,11-12H2,1H3,(H,21,25). The number of carbonyl (C=O) groups is 2. The smallest absolute Gasteiger partial charge is 0.277 e. The molecule has 1 aromatic carbocycles. The summed E-state index contributed by atoms with van der Waals surface area (Å²) in [6.07, 6.45) is 6.12. The van der Waals surface area contributed by atoms with Crippen LogP contribution < -0.4 is 10.2 Å². The van der Waals surface area contributed by atoms with E-state index < -0.39 is 0 Å². The van der Waals surface area contributed by atoms with Crippen LogP contribution in [0.5, 0.6) is 0 Å². The topological polar surface area (TPSA) is 88.3 Å². The first kappa shape index (κ1) is 19.0. The summed E-state index contributed by atoms with van der Waals surface area (Å²) in [7, 11) is 0. The molecule has 8 heteroatoms. The minimum atomic E-state index is -0.225. The zero-order chi connectivity index (χ0) is 19.5. The second-order valence-corrected chi connectivity index (χ2v) is 8.34. The van der Waals surface area contributed by atoms with Gasteiger partial charge in [0.05, 0.1) is 17.1 Å². The third-order valence-electron chi connectivity index (χ3n) is 5.32. The molecule has 1 fully saturated rings. The SMILES string of the molecule is CC1CC(=O)Nc2ccccc2N1C(=O)CSc1nnc(C2CCCCC2)o1. The number of nitrogens with zero attached hydrogens (tertiary/aromatic N) is 3. The number of thioether (sulfide) groups is 1. The second-order valence-electron chi connectivity index (χ2n) is 7.41. The van der Waals surface area contributed by atoms with Crippen LogP contribution >= 0.6 is 11.8 Å². The van der Waals surface area contributed by atoms with Gasteiger partial charge in [-0.25, -0.2) is 0 Å². The lowest BCUT2D eigenvalue weighted by atomic mass is 9.89. The number of amides is 2.